The van der Waals surface area contributed by atoms with Crippen molar-refractivity contribution in [1.29, 1.82) is 0 Å². The summed E-state index contributed by atoms with van der Waals surface area (Å²) in [7, 11) is 0. The van der Waals surface area contributed by atoms with Crippen molar-refractivity contribution >= 4 is 23.6 Å². The summed E-state index contributed by atoms with van der Waals surface area (Å²) in [5.74, 6) is -1.47. The number of amides is 4. The molecular formula is C24H31N3O4. The number of rotatable bonds is 8. The molecule has 1 aromatic carbocycles. The molecule has 1 aromatic rings. The van der Waals surface area contributed by atoms with Gasteiger partial charge in [-0.25, -0.2) is 0 Å². The SMILES string of the molecule is CC(C)NC(=O)[C@@H](C)N(Cc1ccccc1)C(=O)CCN1C(=O)[C@H]2CC=CC[C@H]2C1=O. The van der Waals surface area contributed by atoms with Gasteiger partial charge >= 0.3 is 0 Å². The number of carbonyl (C=O) groups excluding carboxylic acids is 4. The van der Waals surface area contributed by atoms with Gasteiger partial charge in [-0.2, -0.15) is 0 Å². The van der Waals surface area contributed by atoms with Crippen LogP contribution in [0, 0.1) is 11.8 Å². The van der Waals surface area contributed by atoms with Gasteiger partial charge in [0.15, 0.2) is 0 Å². The minimum atomic E-state index is -0.674. The molecule has 31 heavy (non-hydrogen) atoms. The fraction of sp³-hybridized carbons (Fsp3) is 0.500. The van der Waals surface area contributed by atoms with E-state index in [0.29, 0.717) is 12.8 Å². The van der Waals surface area contributed by atoms with Crippen molar-refractivity contribution in [2.75, 3.05) is 6.54 Å². The smallest absolute Gasteiger partial charge is 0.242 e. The Labute approximate surface area is 183 Å². The highest BCUT2D eigenvalue weighted by Crippen LogP contribution is 2.35. The lowest BCUT2D eigenvalue weighted by molar-refractivity contribution is -0.143. The Morgan fingerprint density at radius 2 is 1.61 bits per heavy atom. The van der Waals surface area contributed by atoms with Crippen LogP contribution in [0.25, 0.3) is 0 Å². The Hall–Kier alpha value is -2.96. The van der Waals surface area contributed by atoms with Gasteiger partial charge in [0, 0.05) is 25.6 Å². The van der Waals surface area contributed by atoms with Gasteiger partial charge in [0.05, 0.1) is 11.8 Å². The predicted octanol–water partition coefficient (Wildman–Crippen LogP) is 2.27. The van der Waals surface area contributed by atoms with Crippen molar-refractivity contribution in [2.45, 2.75) is 58.7 Å². The van der Waals surface area contributed by atoms with Crippen LogP contribution in [0.3, 0.4) is 0 Å². The van der Waals surface area contributed by atoms with Gasteiger partial charge < -0.3 is 10.2 Å². The summed E-state index contributed by atoms with van der Waals surface area (Å²) in [5.41, 5.74) is 0.908. The molecule has 0 spiro atoms. The zero-order valence-corrected chi connectivity index (χ0v) is 18.4. The van der Waals surface area contributed by atoms with E-state index in [-0.39, 0.29) is 61.0 Å². The highest BCUT2D eigenvalue weighted by atomic mass is 16.2. The summed E-state index contributed by atoms with van der Waals surface area (Å²) < 4.78 is 0. The normalized spacial score (nSPS) is 21.2. The first-order chi connectivity index (χ1) is 14.8. The molecule has 0 bridgehead atoms. The minimum Gasteiger partial charge on any atom is -0.352 e. The molecule has 1 saturated heterocycles. The molecular weight excluding hydrogens is 394 g/mol. The zero-order chi connectivity index (χ0) is 22.5. The average Bonchev–Trinajstić information content (AvgIpc) is 3.00. The maximum absolute atomic E-state index is 13.1. The molecule has 2 aliphatic rings. The number of benzene rings is 1. The molecule has 1 aliphatic heterocycles. The molecule has 3 atom stereocenters. The van der Waals surface area contributed by atoms with E-state index in [1.165, 1.54) is 9.80 Å². The van der Waals surface area contributed by atoms with E-state index >= 15 is 0 Å². The maximum Gasteiger partial charge on any atom is 0.242 e. The van der Waals surface area contributed by atoms with E-state index in [2.05, 4.69) is 5.32 Å². The molecule has 0 radical (unpaired) electrons. The predicted molar refractivity (Wildman–Crippen MR) is 116 cm³/mol. The second kappa shape index (κ2) is 9.90. The van der Waals surface area contributed by atoms with Crippen molar-refractivity contribution in [1.82, 2.24) is 15.1 Å². The Morgan fingerprint density at radius 1 is 1.03 bits per heavy atom. The Balaban J connectivity index is 1.70. The van der Waals surface area contributed by atoms with Gasteiger partial charge in [0.2, 0.25) is 23.6 Å². The Bertz CT molecular complexity index is 839. The zero-order valence-electron chi connectivity index (χ0n) is 18.4. The van der Waals surface area contributed by atoms with Gasteiger partial charge in [0.1, 0.15) is 6.04 Å². The highest BCUT2D eigenvalue weighted by molar-refractivity contribution is 6.05. The van der Waals surface area contributed by atoms with Crippen molar-refractivity contribution in [3.8, 4) is 0 Å². The van der Waals surface area contributed by atoms with Crippen molar-refractivity contribution in [2.24, 2.45) is 11.8 Å². The van der Waals surface area contributed by atoms with Crippen LogP contribution in [-0.2, 0) is 25.7 Å². The third-order valence-corrected chi connectivity index (χ3v) is 5.94. The molecule has 1 fully saturated rings. The van der Waals surface area contributed by atoms with Gasteiger partial charge in [-0.05, 0) is 39.2 Å². The van der Waals surface area contributed by atoms with Gasteiger partial charge in [-0.3, -0.25) is 24.1 Å². The summed E-state index contributed by atoms with van der Waals surface area (Å²) in [6.45, 7) is 5.77. The second-order valence-corrected chi connectivity index (χ2v) is 8.58. The molecule has 1 N–H and O–H groups in total. The molecule has 4 amide bonds. The molecule has 166 valence electrons. The number of fused-ring (bicyclic) bond motifs is 1. The quantitative estimate of drug-likeness (QED) is 0.511. The lowest BCUT2D eigenvalue weighted by Gasteiger charge is -2.30. The van der Waals surface area contributed by atoms with E-state index < -0.39 is 6.04 Å². The first kappa shape index (κ1) is 22.7. The van der Waals surface area contributed by atoms with E-state index in [4.69, 9.17) is 0 Å². The monoisotopic (exact) mass is 425 g/mol. The van der Waals surface area contributed by atoms with Crippen molar-refractivity contribution in [3.05, 3.63) is 48.0 Å². The summed E-state index contributed by atoms with van der Waals surface area (Å²) in [6.07, 6.45) is 5.03. The number of allylic oxidation sites excluding steroid dienone is 2. The van der Waals surface area contributed by atoms with Crippen LogP contribution in [0.1, 0.15) is 45.6 Å². The lowest BCUT2D eigenvalue weighted by atomic mass is 9.85. The molecule has 1 heterocycles. The number of imide groups is 1. The first-order valence-corrected chi connectivity index (χ1v) is 10.9. The Morgan fingerprint density at radius 3 is 2.16 bits per heavy atom. The Kier molecular flexibility index (Phi) is 7.25. The second-order valence-electron chi connectivity index (χ2n) is 8.58. The molecule has 0 aromatic heterocycles. The molecule has 1 aliphatic carbocycles. The summed E-state index contributed by atoms with van der Waals surface area (Å²) in [5, 5.41) is 2.85. The summed E-state index contributed by atoms with van der Waals surface area (Å²) in [4.78, 5) is 53.8. The van der Waals surface area contributed by atoms with Gasteiger partial charge in [0.25, 0.3) is 0 Å². The van der Waals surface area contributed by atoms with Crippen LogP contribution in [0.5, 0.6) is 0 Å². The maximum atomic E-state index is 13.1. The number of nitrogens with zero attached hydrogens (tertiary/aromatic N) is 2. The van der Waals surface area contributed by atoms with E-state index in [9.17, 15) is 19.2 Å². The fourth-order valence-corrected chi connectivity index (χ4v) is 4.21. The van der Waals surface area contributed by atoms with Gasteiger partial charge in [-0.1, -0.05) is 42.5 Å². The molecule has 0 unspecified atom stereocenters. The van der Waals surface area contributed by atoms with Crippen LogP contribution in [-0.4, -0.2) is 52.1 Å². The number of hydrogen-bond donors (Lipinski definition) is 1. The molecule has 7 nitrogen and oxygen atoms in total. The number of carbonyl (C=O) groups is 4. The largest absolute Gasteiger partial charge is 0.352 e. The third-order valence-electron chi connectivity index (χ3n) is 5.94. The average molecular weight is 426 g/mol. The number of hydrogen-bond acceptors (Lipinski definition) is 4. The van der Waals surface area contributed by atoms with E-state index in [1.807, 2.05) is 56.3 Å². The van der Waals surface area contributed by atoms with Crippen LogP contribution >= 0.6 is 0 Å². The van der Waals surface area contributed by atoms with Crippen LogP contribution in [0.15, 0.2) is 42.5 Å². The van der Waals surface area contributed by atoms with Crippen LogP contribution in [0.2, 0.25) is 0 Å². The number of likely N-dealkylation sites (tertiary alicyclic amines) is 1. The molecule has 0 saturated carbocycles. The van der Waals surface area contributed by atoms with E-state index in [0.717, 1.165) is 5.56 Å². The number of nitrogens with one attached hydrogen (secondary N) is 1. The summed E-state index contributed by atoms with van der Waals surface area (Å²) >= 11 is 0. The van der Waals surface area contributed by atoms with Crippen molar-refractivity contribution in [3.63, 3.8) is 0 Å². The van der Waals surface area contributed by atoms with Crippen LogP contribution in [0.4, 0.5) is 0 Å². The third kappa shape index (κ3) is 5.21. The van der Waals surface area contributed by atoms with Crippen molar-refractivity contribution < 1.29 is 19.2 Å². The lowest BCUT2D eigenvalue weighted by Crippen LogP contribution is -2.49. The summed E-state index contributed by atoms with van der Waals surface area (Å²) in [6, 6.07) is 8.75. The standard InChI is InChI=1S/C24H31N3O4/c1-16(2)25-22(29)17(3)27(15-18-9-5-4-6-10-18)21(28)13-14-26-23(30)19-11-7-8-12-20(19)24(26)31/h4-10,16-17,19-20H,11-15H2,1-3H3,(H,25,29)/t17-,19-,20+/m1/s1. The van der Waals surface area contributed by atoms with Crippen LogP contribution < -0.4 is 5.32 Å². The van der Waals surface area contributed by atoms with Gasteiger partial charge in [-0.15, -0.1) is 0 Å². The van der Waals surface area contributed by atoms with E-state index in [1.54, 1.807) is 6.92 Å². The fourth-order valence-electron chi connectivity index (χ4n) is 4.21. The molecule has 3 rings (SSSR count). The highest BCUT2D eigenvalue weighted by Gasteiger charge is 2.47. The first-order valence-electron chi connectivity index (χ1n) is 10.9. The minimum absolute atomic E-state index is 0.00349. The topological polar surface area (TPSA) is 86.8 Å². The molecule has 7 heteroatoms.